The molecular formula is C12H16BrNO2. The molecule has 16 heavy (non-hydrogen) atoms. The lowest BCUT2D eigenvalue weighted by atomic mass is 10.1. The molecule has 4 heteroatoms. The number of benzene rings is 1. The van der Waals surface area contributed by atoms with E-state index in [-0.39, 0.29) is 11.9 Å². The number of rotatable bonds is 5. The van der Waals surface area contributed by atoms with Crippen molar-refractivity contribution in [2.24, 2.45) is 0 Å². The van der Waals surface area contributed by atoms with Crippen molar-refractivity contribution >= 4 is 21.8 Å². The van der Waals surface area contributed by atoms with Crippen LogP contribution in [0.5, 0.6) is 0 Å². The third kappa shape index (κ3) is 4.33. The molecule has 0 saturated heterocycles. The minimum absolute atomic E-state index is 0.0114. The largest absolute Gasteiger partial charge is 0.384 e. The SMILES string of the molecule is COCCC(=O)NC(C)c1ccc(Br)cc1. The van der Waals surface area contributed by atoms with Crippen molar-refractivity contribution in [3.8, 4) is 0 Å². The molecule has 0 bridgehead atoms. The number of hydrogen-bond acceptors (Lipinski definition) is 2. The van der Waals surface area contributed by atoms with Crippen molar-refractivity contribution in [1.82, 2.24) is 5.32 Å². The van der Waals surface area contributed by atoms with Gasteiger partial charge in [-0.25, -0.2) is 0 Å². The molecule has 0 fully saturated rings. The van der Waals surface area contributed by atoms with Gasteiger partial charge in [0.25, 0.3) is 0 Å². The summed E-state index contributed by atoms with van der Waals surface area (Å²) in [7, 11) is 1.59. The molecule has 0 spiro atoms. The lowest BCUT2D eigenvalue weighted by molar-refractivity contribution is -0.122. The Morgan fingerprint density at radius 1 is 1.44 bits per heavy atom. The minimum Gasteiger partial charge on any atom is -0.384 e. The highest BCUT2D eigenvalue weighted by molar-refractivity contribution is 9.10. The summed E-state index contributed by atoms with van der Waals surface area (Å²) in [6.45, 7) is 2.42. The number of amides is 1. The van der Waals surface area contributed by atoms with E-state index in [0.29, 0.717) is 13.0 Å². The Hall–Kier alpha value is -0.870. The van der Waals surface area contributed by atoms with Gasteiger partial charge < -0.3 is 10.1 Å². The van der Waals surface area contributed by atoms with Crippen LogP contribution in [0.1, 0.15) is 24.9 Å². The number of methoxy groups -OCH3 is 1. The van der Waals surface area contributed by atoms with E-state index in [9.17, 15) is 4.79 Å². The van der Waals surface area contributed by atoms with Gasteiger partial charge >= 0.3 is 0 Å². The molecule has 0 heterocycles. The number of carbonyl (C=O) groups excluding carboxylic acids is 1. The number of hydrogen-bond donors (Lipinski definition) is 1. The summed E-state index contributed by atoms with van der Waals surface area (Å²) in [5.74, 6) is 0.0114. The van der Waals surface area contributed by atoms with Crippen LogP contribution in [-0.4, -0.2) is 19.6 Å². The van der Waals surface area contributed by atoms with Crippen LogP contribution >= 0.6 is 15.9 Å². The fraction of sp³-hybridized carbons (Fsp3) is 0.417. The van der Waals surface area contributed by atoms with Crippen molar-refractivity contribution < 1.29 is 9.53 Å². The predicted molar refractivity (Wildman–Crippen MR) is 67.2 cm³/mol. The summed E-state index contributed by atoms with van der Waals surface area (Å²) in [6.07, 6.45) is 0.400. The Labute approximate surface area is 104 Å². The smallest absolute Gasteiger partial charge is 0.222 e. The minimum atomic E-state index is 0.0114. The van der Waals surface area contributed by atoms with Gasteiger partial charge in [-0.2, -0.15) is 0 Å². The van der Waals surface area contributed by atoms with E-state index < -0.39 is 0 Å². The summed E-state index contributed by atoms with van der Waals surface area (Å²) in [5, 5.41) is 2.92. The maximum Gasteiger partial charge on any atom is 0.222 e. The van der Waals surface area contributed by atoms with Crippen molar-refractivity contribution in [3.05, 3.63) is 34.3 Å². The maximum atomic E-state index is 11.5. The molecule has 0 saturated carbocycles. The Kier molecular flexibility index (Phi) is 5.49. The first kappa shape index (κ1) is 13.2. The zero-order valence-electron chi connectivity index (χ0n) is 9.50. The lowest BCUT2D eigenvalue weighted by Gasteiger charge is -2.14. The molecule has 1 atom stereocenters. The zero-order chi connectivity index (χ0) is 12.0. The van der Waals surface area contributed by atoms with Crippen LogP contribution in [-0.2, 0) is 9.53 Å². The molecule has 1 amide bonds. The summed E-state index contributed by atoms with van der Waals surface area (Å²) >= 11 is 3.38. The van der Waals surface area contributed by atoms with Gasteiger partial charge in [0.05, 0.1) is 12.6 Å². The van der Waals surface area contributed by atoms with Crippen LogP contribution < -0.4 is 5.32 Å². The Bertz CT molecular complexity index is 337. The monoisotopic (exact) mass is 285 g/mol. The van der Waals surface area contributed by atoms with Gasteiger partial charge in [-0.15, -0.1) is 0 Å². The Balaban J connectivity index is 2.48. The van der Waals surface area contributed by atoms with Crippen LogP contribution in [0.25, 0.3) is 0 Å². The molecule has 0 aliphatic heterocycles. The third-order valence-corrected chi connectivity index (χ3v) is 2.81. The average Bonchev–Trinajstić information content (AvgIpc) is 2.27. The second-order valence-electron chi connectivity index (χ2n) is 3.58. The highest BCUT2D eigenvalue weighted by Crippen LogP contribution is 2.16. The van der Waals surface area contributed by atoms with Crippen LogP contribution in [0.4, 0.5) is 0 Å². The van der Waals surface area contributed by atoms with Crippen molar-refractivity contribution in [2.75, 3.05) is 13.7 Å². The number of carbonyl (C=O) groups is 1. The number of nitrogens with one attached hydrogen (secondary N) is 1. The van der Waals surface area contributed by atoms with Gasteiger partial charge in [-0.05, 0) is 24.6 Å². The van der Waals surface area contributed by atoms with Crippen LogP contribution in [0.15, 0.2) is 28.7 Å². The maximum absolute atomic E-state index is 11.5. The number of ether oxygens (including phenoxy) is 1. The normalized spacial score (nSPS) is 12.2. The Morgan fingerprint density at radius 2 is 2.06 bits per heavy atom. The van der Waals surface area contributed by atoms with Gasteiger partial charge in [0.15, 0.2) is 0 Å². The first-order chi connectivity index (χ1) is 7.63. The van der Waals surface area contributed by atoms with E-state index in [1.807, 2.05) is 31.2 Å². The highest BCUT2D eigenvalue weighted by Gasteiger charge is 2.08. The average molecular weight is 286 g/mol. The fourth-order valence-corrected chi connectivity index (χ4v) is 1.61. The lowest BCUT2D eigenvalue weighted by Crippen LogP contribution is -2.27. The molecule has 1 aromatic carbocycles. The van der Waals surface area contributed by atoms with Gasteiger partial charge in [-0.3, -0.25) is 4.79 Å². The van der Waals surface area contributed by atoms with E-state index >= 15 is 0 Å². The molecule has 1 N–H and O–H groups in total. The van der Waals surface area contributed by atoms with E-state index in [0.717, 1.165) is 10.0 Å². The topological polar surface area (TPSA) is 38.3 Å². The molecule has 0 aliphatic carbocycles. The summed E-state index contributed by atoms with van der Waals surface area (Å²) in [5.41, 5.74) is 1.09. The molecule has 0 radical (unpaired) electrons. The van der Waals surface area contributed by atoms with Gasteiger partial charge in [0, 0.05) is 18.0 Å². The van der Waals surface area contributed by atoms with Crippen LogP contribution in [0, 0.1) is 0 Å². The molecule has 3 nitrogen and oxygen atoms in total. The van der Waals surface area contributed by atoms with Gasteiger partial charge in [0.2, 0.25) is 5.91 Å². The van der Waals surface area contributed by atoms with Gasteiger partial charge in [0.1, 0.15) is 0 Å². The quantitative estimate of drug-likeness (QED) is 0.903. The molecule has 1 rings (SSSR count). The zero-order valence-corrected chi connectivity index (χ0v) is 11.1. The van der Waals surface area contributed by atoms with Crippen LogP contribution in [0.2, 0.25) is 0 Å². The molecule has 0 aliphatic rings. The second kappa shape index (κ2) is 6.66. The fourth-order valence-electron chi connectivity index (χ4n) is 1.34. The highest BCUT2D eigenvalue weighted by atomic mass is 79.9. The first-order valence-electron chi connectivity index (χ1n) is 5.17. The summed E-state index contributed by atoms with van der Waals surface area (Å²) < 4.78 is 5.88. The standard InChI is InChI=1S/C12H16BrNO2/c1-9(14-12(15)7-8-16-2)10-3-5-11(13)6-4-10/h3-6,9H,7-8H2,1-2H3,(H,14,15). The van der Waals surface area contributed by atoms with E-state index in [1.165, 1.54) is 0 Å². The summed E-state index contributed by atoms with van der Waals surface area (Å²) in [4.78, 5) is 11.5. The summed E-state index contributed by atoms with van der Waals surface area (Å²) in [6, 6.07) is 7.94. The molecule has 88 valence electrons. The van der Waals surface area contributed by atoms with Crippen molar-refractivity contribution in [2.45, 2.75) is 19.4 Å². The predicted octanol–water partition coefficient (Wildman–Crippen LogP) is 2.66. The van der Waals surface area contributed by atoms with Gasteiger partial charge in [-0.1, -0.05) is 28.1 Å². The number of halogens is 1. The van der Waals surface area contributed by atoms with E-state index in [4.69, 9.17) is 4.74 Å². The second-order valence-corrected chi connectivity index (χ2v) is 4.50. The van der Waals surface area contributed by atoms with E-state index in [1.54, 1.807) is 7.11 Å². The van der Waals surface area contributed by atoms with Crippen molar-refractivity contribution in [1.29, 1.82) is 0 Å². The third-order valence-electron chi connectivity index (χ3n) is 2.28. The molecule has 0 aromatic heterocycles. The van der Waals surface area contributed by atoms with Crippen molar-refractivity contribution in [3.63, 3.8) is 0 Å². The Morgan fingerprint density at radius 3 is 2.62 bits per heavy atom. The van der Waals surface area contributed by atoms with E-state index in [2.05, 4.69) is 21.2 Å². The molecular weight excluding hydrogens is 270 g/mol. The van der Waals surface area contributed by atoms with Crippen LogP contribution in [0.3, 0.4) is 0 Å². The molecule has 1 unspecified atom stereocenters. The molecule has 1 aromatic rings. The first-order valence-corrected chi connectivity index (χ1v) is 5.96.